The average molecular weight is 374 g/mol. The van der Waals surface area contributed by atoms with Gasteiger partial charge in [-0.1, -0.05) is 29.8 Å². The van der Waals surface area contributed by atoms with Crippen LogP contribution in [0.3, 0.4) is 0 Å². The Labute approximate surface area is 159 Å². The van der Waals surface area contributed by atoms with Gasteiger partial charge in [0, 0.05) is 23.0 Å². The van der Waals surface area contributed by atoms with Gasteiger partial charge in [-0.25, -0.2) is 4.98 Å². The zero-order valence-corrected chi connectivity index (χ0v) is 16.9. The molecule has 5 nitrogen and oxygen atoms in total. The summed E-state index contributed by atoms with van der Waals surface area (Å²) in [5, 5.41) is 3.76. The normalized spacial score (nSPS) is 10.8. The lowest BCUT2D eigenvalue weighted by Gasteiger charge is -2.21. The molecule has 0 unspecified atom stereocenters. The third kappa shape index (κ3) is 5.39. The minimum absolute atomic E-state index is 0.0524. The number of aromatic nitrogens is 1. The summed E-state index contributed by atoms with van der Waals surface area (Å²) in [6, 6.07) is 8.22. The van der Waals surface area contributed by atoms with Gasteiger partial charge >= 0.3 is 0 Å². The summed E-state index contributed by atoms with van der Waals surface area (Å²) in [7, 11) is 0. The Morgan fingerprint density at radius 3 is 2.42 bits per heavy atom. The molecule has 26 heavy (non-hydrogen) atoms. The fourth-order valence-corrected chi connectivity index (χ4v) is 3.64. The fourth-order valence-electron chi connectivity index (χ4n) is 2.69. The number of hydrogen-bond donors (Lipinski definition) is 1. The molecular formula is C20H27N3O2S. The Bertz CT molecular complexity index is 766. The van der Waals surface area contributed by atoms with Crippen molar-refractivity contribution in [3.05, 3.63) is 39.7 Å². The van der Waals surface area contributed by atoms with Gasteiger partial charge in [0.1, 0.15) is 0 Å². The van der Waals surface area contributed by atoms with Crippen LogP contribution < -0.4 is 5.32 Å². The Morgan fingerprint density at radius 1 is 1.19 bits per heavy atom. The minimum Gasteiger partial charge on any atom is -0.352 e. The van der Waals surface area contributed by atoms with E-state index in [-0.39, 0.29) is 30.8 Å². The standard InChI is InChI=1S/C20H27N3O2S/c1-6-23(12-18(24)21-13(2)3)19(25)11-17-20(22-15(5)26-17)16-9-7-14(4)8-10-16/h7-10,13H,6,11-12H2,1-5H3,(H,21,24). The van der Waals surface area contributed by atoms with E-state index in [9.17, 15) is 9.59 Å². The molecule has 1 N–H and O–H groups in total. The highest BCUT2D eigenvalue weighted by Crippen LogP contribution is 2.29. The number of nitrogens with zero attached hydrogens (tertiary/aromatic N) is 2. The predicted octanol–water partition coefficient (Wildman–Crippen LogP) is 3.34. The number of carbonyl (C=O) groups is 2. The summed E-state index contributed by atoms with van der Waals surface area (Å²) >= 11 is 1.54. The van der Waals surface area contributed by atoms with Gasteiger partial charge in [-0.2, -0.15) is 0 Å². The second kappa shape index (κ2) is 8.94. The molecule has 0 atom stereocenters. The van der Waals surface area contributed by atoms with Gasteiger partial charge in [-0.15, -0.1) is 11.3 Å². The van der Waals surface area contributed by atoms with Crippen LogP contribution in [-0.4, -0.2) is 40.8 Å². The fraction of sp³-hybridized carbons (Fsp3) is 0.450. The summed E-state index contributed by atoms with van der Waals surface area (Å²) < 4.78 is 0. The molecule has 0 spiro atoms. The first-order chi connectivity index (χ1) is 12.3. The summed E-state index contributed by atoms with van der Waals surface area (Å²) in [6.45, 7) is 10.3. The molecule has 0 saturated carbocycles. The SMILES string of the molecule is CCN(CC(=O)NC(C)C)C(=O)Cc1sc(C)nc1-c1ccc(C)cc1. The van der Waals surface area contributed by atoms with Crippen molar-refractivity contribution >= 4 is 23.2 Å². The van der Waals surface area contributed by atoms with Gasteiger partial charge in [0.25, 0.3) is 0 Å². The number of amides is 2. The van der Waals surface area contributed by atoms with Crippen LogP contribution in [0.4, 0.5) is 0 Å². The Morgan fingerprint density at radius 2 is 1.85 bits per heavy atom. The van der Waals surface area contributed by atoms with Gasteiger partial charge in [0.2, 0.25) is 11.8 Å². The zero-order valence-electron chi connectivity index (χ0n) is 16.1. The molecular weight excluding hydrogens is 346 g/mol. The molecule has 2 aromatic rings. The van der Waals surface area contributed by atoms with Crippen LogP contribution in [0.1, 0.15) is 36.2 Å². The molecule has 1 aromatic carbocycles. The van der Waals surface area contributed by atoms with Crippen molar-refractivity contribution in [3.63, 3.8) is 0 Å². The molecule has 2 amide bonds. The van der Waals surface area contributed by atoms with Gasteiger partial charge in [-0.05, 0) is 34.6 Å². The van der Waals surface area contributed by atoms with E-state index in [1.54, 1.807) is 4.90 Å². The van der Waals surface area contributed by atoms with E-state index in [2.05, 4.69) is 10.3 Å². The van der Waals surface area contributed by atoms with Crippen molar-refractivity contribution in [3.8, 4) is 11.3 Å². The molecule has 2 rings (SSSR count). The van der Waals surface area contributed by atoms with Gasteiger partial charge in [-0.3, -0.25) is 9.59 Å². The minimum atomic E-state index is -0.130. The van der Waals surface area contributed by atoms with Gasteiger partial charge in [0.05, 0.1) is 23.7 Å². The Balaban J connectivity index is 2.15. The topological polar surface area (TPSA) is 62.3 Å². The number of carbonyl (C=O) groups excluding carboxylic acids is 2. The van der Waals surface area contributed by atoms with Crippen molar-refractivity contribution in [1.82, 2.24) is 15.2 Å². The van der Waals surface area contributed by atoms with Gasteiger partial charge in [0.15, 0.2) is 0 Å². The predicted molar refractivity (Wildman–Crippen MR) is 106 cm³/mol. The maximum atomic E-state index is 12.7. The number of hydrogen-bond acceptors (Lipinski definition) is 4. The highest BCUT2D eigenvalue weighted by molar-refractivity contribution is 7.12. The van der Waals surface area contributed by atoms with Crippen LogP contribution in [-0.2, 0) is 16.0 Å². The van der Waals surface area contributed by atoms with Crippen molar-refractivity contribution < 1.29 is 9.59 Å². The first-order valence-electron chi connectivity index (χ1n) is 8.90. The highest BCUT2D eigenvalue weighted by Gasteiger charge is 2.20. The third-order valence-corrected chi connectivity index (χ3v) is 4.93. The smallest absolute Gasteiger partial charge is 0.239 e. The molecule has 0 radical (unpaired) electrons. The van der Waals surface area contributed by atoms with E-state index in [1.165, 1.54) is 16.9 Å². The van der Waals surface area contributed by atoms with Crippen LogP contribution in [0.15, 0.2) is 24.3 Å². The molecule has 0 aliphatic carbocycles. The lowest BCUT2D eigenvalue weighted by atomic mass is 10.1. The Hall–Kier alpha value is -2.21. The molecule has 0 aliphatic rings. The molecule has 6 heteroatoms. The van der Waals surface area contributed by atoms with E-state index in [4.69, 9.17) is 0 Å². The largest absolute Gasteiger partial charge is 0.352 e. The number of nitrogens with one attached hydrogen (secondary N) is 1. The van der Waals surface area contributed by atoms with Crippen LogP contribution >= 0.6 is 11.3 Å². The van der Waals surface area contributed by atoms with E-state index in [0.717, 1.165) is 21.1 Å². The number of aryl methyl sites for hydroxylation is 2. The quantitative estimate of drug-likeness (QED) is 0.810. The summed E-state index contributed by atoms with van der Waals surface area (Å²) in [4.78, 5) is 31.9. The molecule has 0 aliphatic heterocycles. The molecule has 1 aromatic heterocycles. The second-order valence-corrected chi connectivity index (χ2v) is 7.97. The lowest BCUT2D eigenvalue weighted by Crippen LogP contribution is -2.43. The van der Waals surface area contributed by atoms with E-state index >= 15 is 0 Å². The number of rotatable bonds is 7. The van der Waals surface area contributed by atoms with Crippen molar-refractivity contribution in [2.24, 2.45) is 0 Å². The molecule has 0 bridgehead atoms. The van der Waals surface area contributed by atoms with Crippen molar-refractivity contribution in [2.45, 2.75) is 47.1 Å². The van der Waals surface area contributed by atoms with Crippen LogP contribution in [0.2, 0.25) is 0 Å². The van der Waals surface area contributed by atoms with E-state index in [0.29, 0.717) is 6.54 Å². The Kier molecular flexibility index (Phi) is 6.91. The van der Waals surface area contributed by atoms with Crippen molar-refractivity contribution in [1.29, 1.82) is 0 Å². The van der Waals surface area contributed by atoms with Crippen molar-refractivity contribution in [2.75, 3.05) is 13.1 Å². The van der Waals surface area contributed by atoms with Crippen LogP contribution in [0.25, 0.3) is 11.3 Å². The second-order valence-electron chi connectivity index (χ2n) is 6.68. The molecule has 1 heterocycles. The van der Waals surface area contributed by atoms with E-state index < -0.39 is 0 Å². The third-order valence-electron chi connectivity index (χ3n) is 3.96. The maximum absolute atomic E-state index is 12.7. The summed E-state index contributed by atoms with van der Waals surface area (Å²) in [5.74, 6) is -0.183. The first kappa shape index (κ1) is 20.1. The van der Waals surface area contributed by atoms with E-state index in [1.807, 2.05) is 58.9 Å². The first-order valence-corrected chi connectivity index (χ1v) is 9.72. The molecule has 0 fully saturated rings. The number of benzene rings is 1. The van der Waals surface area contributed by atoms with Crippen LogP contribution in [0.5, 0.6) is 0 Å². The summed E-state index contributed by atoms with van der Waals surface area (Å²) in [5.41, 5.74) is 3.07. The number of likely N-dealkylation sites (N-methyl/N-ethyl adjacent to an activating group) is 1. The maximum Gasteiger partial charge on any atom is 0.239 e. The van der Waals surface area contributed by atoms with Crippen LogP contribution in [0, 0.1) is 13.8 Å². The molecule has 0 saturated heterocycles. The summed E-state index contributed by atoms with van der Waals surface area (Å²) in [6.07, 6.45) is 0.261. The lowest BCUT2D eigenvalue weighted by molar-refractivity contribution is -0.135. The average Bonchev–Trinajstić information content (AvgIpc) is 2.92. The highest BCUT2D eigenvalue weighted by atomic mass is 32.1. The van der Waals surface area contributed by atoms with Gasteiger partial charge < -0.3 is 10.2 Å². The monoisotopic (exact) mass is 373 g/mol. The zero-order chi connectivity index (χ0) is 19.3. The molecule has 140 valence electrons. The number of thiazole rings is 1.